The summed E-state index contributed by atoms with van der Waals surface area (Å²) in [7, 11) is 0. The van der Waals surface area contributed by atoms with E-state index in [9.17, 15) is 0 Å². The van der Waals surface area contributed by atoms with Gasteiger partial charge in [-0.2, -0.15) is 0 Å². The van der Waals surface area contributed by atoms with Crippen LogP contribution >= 0.6 is 0 Å². The summed E-state index contributed by atoms with van der Waals surface area (Å²) >= 11 is 0. The molecule has 1 saturated heterocycles. The highest BCUT2D eigenvalue weighted by Crippen LogP contribution is 2.36. The molecule has 1 heterocycles. The minimum atomic E-state index is -0.460. The monoisotopic (exact) mass is 220 g/mol. The molecule has 1 aliphatic heterocycles. The average molecular weight is 220 g/mol. The molecule has 0 spiro atoms. The van der Waals surface area contributed by atoms with Crippen molar-refractivity contribution in [2.24, 2.45) is 0 Å². The fourth-order valence-corrected chi connectivity index (χ4v) is 2.31. The van der Waals surface area contributed by atoms with Crippen molar-refractivity contribution in [2.75, 3.05) is 13.2 Å². The second-order valence-electron chi connectivity index (χ2n) is 4.72. The minimum absolute atomic E-state index is 0.259. The molecule has 0 N–H and O–H groups in total. The molecule has 0 amide bonds. The van der Waals surface area contributed by atoms with Gasteiger partial charge in [-0.25, -0.2) is 0 Å². The molecule has 1 aromatic rings. The minimum Gasteiger partial charge on any atom is -0.347 e. The van der Waals surface area contributed by atoms with Gasteiger partial charge in [0.25, 0.3) is 0 Å². The summed E-state index contributed by atoms with van der Waals surface area (Å²) in [5.74, 6) is -0.201. The summed E-state index contributed by atoms with van der Waals surface area (Å²) in [6, 6.07) is 6.42. The zero-order valence-corrected chi connectivity index (χ0v) is 10.5. The van der Waals surface area contributed by atoms with Crippen LogP contribution in [0.1, 0.15) is 36.5 Å². The maximum atomic E-state index is 5.73. The van der Waals surface area contributed by atoms with Crippen molar-refractivity contribution in [3.63, 3.8) is 0 Å². The van der Waals surface area contributed by atoms with Gasteiger partial charge < -0.3 is 9.47 Å². The summed E-state index contributed by atoms with van der Waals surface area (Å²) < 4.78 is 11.5. The van der Waals surface area contributed by atoms with Crippen molar-refractivity contribution in [1.29, 1.82) is 0 Å². The number of ether oxygens (including phenoxy) is 2. The first kappa shape index (κ1) is 11.6. The first-order valence-electron chi connectivity index (χ1n) is 5.88. The lowest BCUT2D eigenvalue weighted by molar-refractivity contribution is -0.156. The standard InChI is InChI=1S/C14H20O2/c1-10-6-5-7-13(11(10)2)12(3)14(4)15-8-9-16-14/h5-7,12H,8-9H2,1-4H3. The van der Waals surface area contributed by atoms with Gasteiger partial charge in [0, 0.05) is 5.92 Å². The van der Waals surface area contributed by atoms with Crippen LogP contribution in [0, 0.1) is 13.8 Å². The smallest absolute Gasteiger partial charge is 0.172 e. The average Bonchev–Trinajstić information content (AvgIpc) is 2.70. The molecule has 2 heteroatoms. The Kier molecular flexibility index (Phi) is 3.04. The van der Waals surface area contributed by atoms with Gasteiger partial charge in [-0.1, -0.05) is 25.1 Å². The maximum absolute atomic E-state index is 5.73. The van der Waals surface area contributed by atoms with Gasteiger partial charge in [-0.3, -0.25) is 0 Å². The molecule has 2 rings (SSSR count). The van der Waals surface area contributed by atoms with Crippen LogP contribution in [0.15, 0.2) is 18.2 Å². The lowest BCUT2D eigenvalue weighted by Crippen LogP contribution is -2.32. The molecule has 0 aromatic heterocycles. The molecular formula is C14H20O2. The molecule has 16 heavy (non-hydrogen) atoms. The molecular weight excluding hydrogens is 200 g/mol. The Balaban J connectivity index is 2.33. The first-order chi connectivity index (χ1) is 7.54. The van der Waals surface area contributed by atoms with Gasteiger partial charge in [0.1, 0.15) is 0 Å². The van der Waals surface area contributed by atoms with E-state index >= 15 is 0 Å². The molecule has 0 bridgehead atoms. The van der Waals surface area contributed by atoms with Crippen LogP contribution in [-0.2, 0) is 9.47 Å². The van der Waals surface area contributed by atoms with Gasteiger partial charge in [0.15, 0.2) is 5.79 Å². The van der Waals surface area contributed by atoms with Crippen LogP contribution in [0.3, 0.4) is 0 Å². The van der Waals surface area contributed by atoms with Crippen molar-refractivity contribution < 1.29 is 9.47 Å². The number of aryl methyl sites for hydroxylation is 1. The Morgan fingerprint density at radius 3 is 2.44 bits per heavy atom. The van der Waals surface area contributed by atoms with Crippen LogP contribution in [-0.4, -0.2) is 19.0 Å². The number of rotatable bonds is 2. The zero-order chi connectivity index (χ0) is 11.8. The Bertz CT molecular complexity index is 378. The third-order valence-electron chi connectivity index (χ3n) is 3.76. The fourth-order valence-electron chi connectivity index (χ4n) is 2.31. The van der Waals surface area contributed by atoms with Gasteiger partial charge in [0.05, 0.1) is 13.2 Å². The quantitative estimate of drug-likeness (QED) is 0.762. The van der Waals surface area contributed by atoms with Crippen molar-refractivity contribution in [3.8, 4) is 0 Å². The Labute approximate surface area is 97.6 Å². The van der Waals surface area contributed by atoms with Crippen molar-refractivity contribution >= 4 is 0 Å². The maximum Gasteiger partial charge on any atom is 0.172 e. The molecule has 0 saturated carbocycles. The lowest BCUT2D eigenvalue weighted by Gasteiger charge is -2.31. The van der Waals surface area contributed by atoms with E-state index in [2.05, 4.69) is 39.0 Å². The molecule has 1 fully saturated rings. The highest BCUT2D eigenvalue weighted by atomic mass is 16.7. The Hall–Kier alpha value is -0.860. The SMILES string of the molecule is Cc1cccc(C(C)C2(C)OCCO2)c1C. The van der Waals surface area contributed by atoms with Crippen molar-refractivity contribution in [3.05, 3.63) is 34.9 Å². The van der Waals surface area contributed by atoms with E-state index in [1.807, 2.05) is 6.92 Å². The number of hydrogen-bond acceptors (Lipinski definition) is 2. The molecule has 1 atom stereocenters. The van der Waals surface area contributed by atoms with E-state index in [1.54, 1.807) is 0 Å². The lowest BCUT2D eigenvalue weighted by atomic mass is 9.88. The fraction of sp³-hybridized carbons (Fsp3) is 0.571. The predicted molar refractivity (Wildman–Crippen MR) is 64.6 cm³/mol. The molecule has 0 radical (unpaired) electrons. The molecule has 1 unspecified atom stereocenters. The molecule has 0 aliphatic carbocycles. The van der Waals surface area contributed by atoms with E-state index in [0.717, 1.165) is 0 Å². The summed E-state index contributed by atoms with van der Waals surface area (Å²) in [6.45, 7) is 9.92. The summed E-state index contributed by atoms with van der Waals surface area (Å²) in [6.07, 6.45) is 0. The van der Waals surface area contributed by atoms with Crippen LogP contribution in [0.25, 0.3) is 0 Å². The second-order valence-corrected chi connectivity index (χ2v) is 4.72. The van der Waals surface area contributed by atoms with Gasteiger partial charge in [-0.05, 0) is 37.5 Å². The van der Waals surface area contributed by atoms with Crippen LogP contribution in [0.2, 0.25) is 0 Å². The normalized spacial score (nSPS) is 21.0. The zero-order valence-electron chi connectivity index (χ0n) is 10.5. The molecule has 2 nitrogen and oxygen atoms in total. The van der Waals surface area contributed by atoms with E-state index in [1.165, 1.54) is 16.7 Å². The summed E-state index contributed by atoms with van der Waals surface area (Å²) in [5.41, 5.74) is 3.99. The molecule has 1 aliphatic rings. The van der Waals surface area contributed by atoms with E-state index in [-0.39, 0.29) is 5.92 Å². The molecule has 1 aromatic carbocycles. The van der Waals surface area contributed by atoms with Crippen molar-refractivity contribution in [2.45, 2.75) is 39.4 Å². The second kappa shape index (κ2) is 4.19. The van der Waals surface area contributed by atoms with Crippen LogP contribution < -0.4 is 0 Å². The van der Waals surface area contributed by atoms with Crippen LogP contribution in [0.5, 0.6) is 0 Å². The van der Waals surface area contributed by atoms with Gasteiger partial charge in [0.2, 0.25) is 0 Å². The topological polar surface area (TPSA) is 18.5 Å². The van der Waals surface area contributed by atoms with Gasteiger partial charge in [-0.15, -0.1) is 0 Å². The van der Waals surface area contributed by atoms with Crippen LogP contribution in [0.4, 0.5) is 0 Å². The van der Waals surface area contributed by atoms with E-state index in [4.69, 9.17) is 9.47 Å². The summed E-state index contributed by atoms with van der Waals surface area (Å²) in [5, 5.41) is 0. The largest absolute Gasteiger partial charge is 0.347 e. The third kappa shape index (κ3) is 1.87. The highest BCUT2D eigenvalue weighted by molar-refractivity contribution is 5.36. The number of benzene rings is 1. The third-order valence-corrected chi connectivity index (χ3v) is 3.76. The molecule has 88 valence electrons. The highest BCUT2D eigenvalue weighted by Gasteiger charge is 2.38. The predicted octanol–water partition coefficient (Wildman–Crippen LogP) is 3.17. The van der Waals surface area contributed by atoms with E-state index in [0.29, 0.717) is 13.2 Å². The van der Waals surface area contributed by atoms with E-state index < -0.39 is 5.79 Å². The van der Waals surface area contributed by atoms with Gasteiger partial charge >= 0.3 is 0 Å². The van der Waals surface area contributed by atoms with Crippen molar-refractivity contribution in [1.82, 2.24) is 0 Å². The Morgan fingerprint density at radius 2 is 1.81 bits per heavy atom. The number of hydrogen-bond donors (Lipinski definition) is 0. The Morgan fingerprint density at radius 1 is 1.19 bits per heavy atom. The first-order valence-corrected chi connectivity index (χ1v) is 5.88. The summed E-state index contributed by atoms with van der Waals surface area (Å²) in [4.78, 5) is 0.